The zero-order valence-electron chi connectivity index (χ0n) is 13.5. The third-order valence-corrected chi connectivity index (χ3v) is 6.36. The van der Waals surface area contributed by atoms with E-state index in [2.05, 4.69) is 22.5 Å². The summed E-state index contributed by atoms with van der Waals surface area (Å²) >= 11 is 2.05. The van der Waals surface area contributed by atoms with Crippen LogP contribution in [0.25, 0.3) is 0 Å². The standard InChI is InChI=1S/C16H31N3OS/c1-16(9-6-10-21-16)12-19-15(17-2)18-11-14(20)13-7-4-3-5-8-13/h13-14,20H,3-12H2,1-2H3,(H2,17,18,19). The summed E-state index contributed by atoms with van der Waals surface area (Å²) in [6, 6.07) is 0. The molecule has 2 fully saturated rings. The minimum absolute atomic E-state index is 0.250. The monoisotopic (exact) mass is 313 g/mol. The van der Waals surface area contributed by atoms with Crippen molar-refractivity contribution in [3.8, 4) is 0 Å². The summed E-state index contributed by atoms with van der Waals surface area (Å²) in [5.74, 6) is 2.55. The number of hydrogen-bond donors (Lipinski definition) is 3. The number of nitrogens with one attached hydrogen (secondary N) is 2. The number of guanidine groups is 1. The maximum atomic E-state index is 10.3. The van der Waals surface area contributed by atoms with Gasteiger partial charge in [-0.25, -0.2) is 0 Å². The molecule has 0 aromatic heterocycles. The van der Waals surface area contributed by atoms with Gasteiger partial charge in [0.2, 0.25) is 0 Å². The van der Waals surface area contributed by atoms with Crippen molar-refractivity contribution in [2.45, 2.75) is 62.7 Å². The first-order chi connectivity index (χ1) is 10.1. The average Bonchev–Trinajstić information content (AvgIpc) is 2.95. The van der Waals surface area contributed by atoms with Crippen LogP contribution < -0.4 is 10.6 Å². The van der Waals surface area contributed by atoms with Gasteiger partial charge in [-0.05, 0) is 44.3 Å². The van der Waals surface area contributed by atoms with Crippen LogP contribution in [0.2, 0.25) is 0 Å². The van der Waals surface area contributed by atoms with Crippen LogP contribution >= 0.6 is 11.8 Å². The molecule has 0 aromatic rings. The number of aliphatic hydroxyl groups is 1. The largest absolute Gasteiger partial charge is 0.391 e. The molecule has 1 aliphatic carbocycles. The third-order valence-electron chi connectivity index (χ3n) is 4.83. The van der Waals surface area contributed by atoms with Gasteiger partial charge in [-0.15, -0.1) is 0 Å². The van der Waals surface area contributed by atoms with Crippen molar-refractivity contribution in [2.24, 2.45) is 10.9 Å². The summed E-state index contributed by atoms with van der Waals surface area (Å²) in [7, 11) is 1.80. The van der Waals surface area contributed by atoms with Crippen LogP contribution in [-0.4, -0.2) is 47.8 Å². The van der Waals surface area contributed by atoms with Crippen LogP contribution in [0.3, 0.4) is 0 Å². The molecule has 0 spiro atoms. The fraction of sp³-hybridized carbons (Fsp3) is 0.938. The fourth-order valence-electron chi connectivity index (χ4n) is 3.35. The van der Waals surface area contributed by atoms with Gasteiger partial charge in [0, 0.05) is 24.9 Å². The zero-order valence-corrected chi connectivity index (χ0v) is 14.3. The summed E-state index contributed by atoms with van der Waals surface area (Å²) < 4.78 is 0.333. The highest BCUT2D eigenvalue weighted by atomic mass is 32.2. The van der Waals surface area contributed by atoms with Gasteiger partial charge in [-0.3, -0.25) is 4.99 Å². The molecule has 2 unspecified atom stereocenters. The Hall–Kier alpha value is -0.420. The Bertz CT molecular complexity index is 336. The van der Waals surface area contributed by atoms with Gasteiger partial charge in [-0.1, -0.05) is 19.3 Å². The van der Waals surface area contributed by atoms with E-state index in [-0.39, 0.29) is 6.10 Å². The summed E-state index contributed by atoms with van der Waals surface area (Å²) in [4.78, 5) is 4.27. The first-order valence-electron chi connectivity index (χ1n) is 8.39. The molecule has 5 heteroatoms. The van der Waals surface area contributed by atoms with Crippen LogP contribution in [0.5, 0.6) is 0 Å². The molecule has 3 N–H and O–H groups in total. The zero-order chi connectivity index (χ0) is 15.1. The van der Waals surface area contributed by atoms with E-state index >= 15 is 0 Å². The Morgan fingerprint density at radius 3 is 2.67 bits per heavy atom. The van der Waals surface area contributed by atoms with Gasteiger partial charge in [0.1, 0.15) is 0 Å². The highest BCUT2D eigenvalue weighted by Crippen LogP contribution is 2.36. The number of nitrogens with zero attached hydrogens (tertiary/aromatic N) is 1. The lowest BCUT2D eigenvalue weighted by atomic mass is 9.85. The first-order valence-corrected chi connectivity index (χ1v) is 9.38. The van der Waals surface area contributed by atoms with Crippen molar-refractivity contribution in [3.05, 3.63) is 0 Å². The number of rotatable bonds is 5. The normalized spacial score (nSPS) is 29.4. The van der Waals surface area contributed by atoms with Crippen LogP contribution in [0.4, 0.5) is 0 Å². The molecule has 1 aliphatic heterocycles. The first kappa shape index (κ1) is 16.9. The molecule has 1 saturated heterocycles. The quantitative estimate of drug-likeness (QED) is 0.539. The Labute approximate surface area is 133 Å². The molecule has 2 atom stereocenters. The Morgan fingerprint density at radius 2 is 2.05 bits per heavy atom. The average molecular weight is 314 g/mol. The van der Waals surface area contributed by atoms with E-state index in [1.165, 1.54) is 50.7 Å². The molecule has 0 aromatic carbocycles. The molecular weight excluding hydrogens is 282 g/mol. The van der Waals surface area contributed by atoms with Crippen LogP contribution in [-0.2, 0) is 0 Å². The summed E-state index contributed by atoms with van der Waals surface area (Å²) in [6.07, 6.45) is 8.54. The number of aliphatic hydroxyl groups excluding tert-OH is 1. The Balaban J connectivity index is 1.69. The van der Waals surface area contributed by atoms with E-state index in [0.29, 0.717) is 17.2 Å². The molecule has 2 aliphatic rings. The lowest BCUT2D eigenvalue weighted by Crippen LogP contribution is -2.46. The summed E-state index contributed by atoms with van der Waals surface area (Å²) in [5.41, 5.74) is 0. The summed E-state index contributed by atoms with van der Waals surface area (Å²) in [6.45, 7) is 3.87. The number of aliphatic imine (C=N–C) groups is 1. The number of thioether (sulfide) groups is 1. The van der Waals surface area contributed by atoms with E-state index in [1.54, 1.807) is 7.05 Å². The van der Waals surface area contributed by atoms with Gasteiger partial charge in [0.25, 0.3) is 0 Å². The van der Waals surface area contributed by atoms with Crippen LogP contribution in [0, 0.1) is 5.92 Å². The van der Waals surface area contributed by atoms with E-state index in [9.17, 15) is 5.11 Å². The highest BCUT2D eigenvalue weighted by molar-refractivity contribution is 8.00. The lowest BCUT2D eigenvalue weighted by molar-refractivity contribution is 0.0880. The minimum Gasteiger partial charge on any atom is -0.391 e. The van der Waals surface area contributed by atoms with Gasteiger partial charge >= 0.3 is 0 Å². The van der Waals surface area contributed by atoms with Crippen LogP contribution in [0.1, 0.15) is 51.9 Å². The third kappa shape index (κ3) is 5.37. The molecule has 21 heavy (non-hydrogen) atoms. The Kier molecular flexibility index (Phi) is 6.68. The van der Waals surface area contributed by atoms with E-state index in [0.717, 1.165) is 12.5 Å². The van der Waals surface area contributed by atoms with Crippen molar-refractivity contribution >= 4 is 17.7 Å². The molecule has 122 valence electrons. The molecule has 1 saturated carbocycles. The topological polar surface area (TPSA) is 56.7 Å². The van der Waals surface area contributed by atoms with Gasteiger partial charge < -0.3 is 15.7 Å². The maximum absolute atomic E-state index is 10.3. The maximum Gasteiger partial charge on any atom is 0.191 e. The SMILES string of the molecule is CN=C(NCC(O)C1CCCCC1)NCC1(C)CCCS1. The van der Waals surface area contributed by atoms with Gasteiger partial charge in [0.15, 0.2) is 5.96 Å². The smallest absolute Gasteiger partial charge is 0.191 e. The van der Waals surface area contributed by atoms with Gasteiger partial charge in [-0.2, -0.15) is 11.8 Å². The predicted molar refractivity (Wildman–Crippen MR) is 92.0 cm³/mol. The minimum atomic E-state index is -0.250. The second kappa shape index (κ2) is 8.28. The molecule has 0 amide bonds. The van der Waals surface area contributed by atoms with Crippen LogP contribution in [0.15, 0.2) is 4.99 Å². The summed E-state index contributed by atoms with van der Waals surface area (Å²) in [5, 5.41) is 17.0. The van der Waals surface area contributed by atoms with Gasteiger partial charge in [0.05, 0.1) is 6.10 Å². The fourth-order valence-corrected chi connectivity index (χ4v) is 4.60. The van der Waals surface area contributed by atoms with Crippen molar-refractivity contribution in [1.29, 1.82) is 0 Å². The van der Waals surface area contributed by atoms with E-state index in [4.69, 9.17) is 0 Å². The van der Waals surface area contributed by atoms with E-state index < -0.39 is 0 Å². The number of hydrogen-bond acceptors (Lipinski definition) is 3. The molecule has 1 heterocycles. The van der Waals surface area contributed by atoms with Crippen molar-refractivity contribution < 1.29 is 5.11 Å². The molecular formula is C16H31N3OS. The predicted octanol–water partition coefficient (Wildman–Crippen LogP) is 2.38. The van der Waals surface area contributed by atoms with E-state index in [1.807, 2.05) is 11.8 Å². The molecule has 0 radical (unpaired) electrons. The van der Waals surface area contributed by atoms with Crippen molar-refractivity contribution in [1.82, 2.24) is 10.6 Å². The lowest BCUT2D eigenvalue weighted by Gasteiger charge is -2.28. The Morgan fingerprint density at radius 1 is 1.29 bits per heavy atom. The second-order valence-corrected chi connectivity index (χ2v) is 8.36. The molecule has 4 nitrogen and oxygen atoms in total. The molecule has 0 bridgehead atoms. The highest BCUT2D eigenvalue weighted by Gasteiger charge is 2.29. The molecule has 2 rings (SSSR count). The van der Waals surface area contributed by atoms with Crippen molar-refractivity contribution in [3.63, 3.8) is 0 Å². The van der Waals surface area contributed by atoms with Crippen molar-refractivity contribution in [2.75, 3.05) is 25.9 Å². The second-order valence-electron chi connectivity index (χ2n) is 6.67.